The minimum atomic E-state index is -0.349. The molecule has 1 N–H and O–H groups in total. The van der Waals surface area contributed by atoms with E-state index < -0.39 is 0 Å². The van der Waals surface area contributed by atoms with Crippen LogP contribution in [0.2, 0.25) is 10.0 Å². The summed E-state index contributed by atoms with van der Waals surface area (Å²) in [6.45, 7) is 2.72. The Bertz CT molecular complexity index is 860. The second-order valence-electron chi connectivity index (χ2n) is 6.79. The van der Waals surface area contributed by atoms with Crippen LogP contribution in [0.25, 0.3) is 0 Å². The van der Waals surface area contributed by atoms with Crippen LogP contribution in [0.1, 0.15) is 31.4 Å². The molecule has 1 aliphatic heterocycles. The fraction of sp³-hybridized carbons (Fsp3) is 0.381. The Kier molecular flexibility index (Phi) is 6.70. The molecule has 1 aliphatic rings. The molecule has 7 heteroatoms. The Morgan fingerprint density at radius 1 is 1.18 bits per heavy atom. The largest absolute Gasteiger partial charge is 0.497 e. The van der Waals surface area contributed by atoms with Crippen LogP contribution in [0.5, 0.6) is 11.5 Å². The summed E-state index contributed by atoms with van der Waals surface area (Å²) in [6, 6.07) is 10.5. The number of hydrogen-bond donors (Lipinski definition) is 1. The van der Waals surface area contributed by atoms with Crippen molar-refractivity contribution >= 4 is 34.8 Å². The van der Waals surface area contributed by atoms with Crippen molar-refractivity contribution in [1.82, 2.24) is 4.90 Å². The van der Waals surface area contributed by atoms with Crippen molar-refractivity contribution in [3.05, 3.63) is 52.0 Å². The zero-order chi connectivity index (χ0) is 20.3. The van der Waals surface area contributed by atoms with Gasteiger partial charge < -0.3 is 14.8 Å². The number of benzene rings is 2. The van der Waals surface area contributed by atoms with Crippen LogP contribution in [0.3, 0.4) is 0 Å². The summed E-state index contributed by atoms with van der Waals surface area (Å²) >= 11 is 12.2. The molecule has 150 valence electrons. The molecular weight excluding hydrogens is 399 g/mol. The topological polar surface area (TPSA) is 50.8 Å². The SMILES string of the molecule is COc1ccc(OC)c([C@H]2CCCN2[C@H](C)C(=O)Nc2cc(Cl)ccc2Cl)c1. The number of carbonyl (C=O) groups is 1. The van der Waals surface area contributed by atoms with E-state index in [1.807, 2.05) is 25.1 Å². The normalized spacial score (nSPS) is 18.0. The van der Waals surface area contributed by atoms with Crippen molar-refractivity contribution in [2.45, 2.75) is 31.8 Å². The van der Waals surface area contributed by atoms with Crippen molar-refractivity contribution in [2.24, 2.45) is 0 Å². The smallest absolute Gasteiger partial charge is 0.241 e. The van der Waals surface area contributed by atoms with E-state index in [1.54, 1.807) is 32.4 Å². The molecule has 1 saturated heterocycles. The van der Waals surface area contributed by atoms with Crippen LogP contribution in [-0.4, -0.2) is 37.6 Å². The van der Waals surface area contributed by atoms with E-state index in [-0.39, 0.29) is 18.0 Å². The summed E-state index contributed by atoms with van der Waals surface area (Å²) in [7, 11) is 3.30. The molecule has 1 fully saturated rings. The third kappa shape index (κ3) is 4.37. The van der Waals surface area contributed by atoms with Gasteiger partial charge in [0.1, 0.15) is 11.5 Å². The lowest BCUT2D eigenvalue weighted by Gasteiger charge is -2.31. The maximum absolute atomic E-state index is 12.9. The fourth-order valence-corrected chi connectivity index (χ4v) is 4.00. The Balaban J connectivity index is 1.82. The Morgan fingerprint density at radius 2 is 1.96 bits per heavy atom. The maximum Gasteiger partial charge on any atom is 0.241 e. The molecule has 0 radical (unpaired) electrons. The van der Waals surface area contributed by atoms with E-state index in [0.717, 1.165) is 36.4 Å². The van der Waals surface area contributed by atoms with E-state index >= 15 is 0 Å². The summed E-state index contributed by atoms with van der Waals surface area (Å²) < 4.78 is 10.9. The number of hydrogen-bond acceptors (Lipinski definition) is 4. The van der Waals surface area contributed by atoms with Crippen LogP contribution in [0.15, 0.2) is 36.4 Å². The second kappa shape index (κ2) is 9.03. The van der Waals surface area contributed by atoms with E-state index in [2.05, 4.69) is 10.2 Å². The number of methoxy groups -OCH3 is 2. The predicted molar refractivity (Wildman–Crippen MR) is 113 cm³/mol. The number of rotatable bonds is 6. The second-order valence-corrected chi connectivity index (χ2v) is 7.64. The van der Waals surface area contributed by atoms with Gasteiger partial charge in [-0.15, -0.1) is 0 Å². The zero-order valence-corrected chi connectivity index (χ0v) is 17.7. The van der Waals surface area contributed by atoms with Gasteiger partial charge in [0, 0.05) is 16.6 Å². The monoisotopic (exact) mass is 422 g/mol. The van der Waals surface area contributed by atoms with Gasteiger partial charge in [-0.1, -0.05) is 23.2 Å². The van der Waals surface area contributed by atoms with Gasteiger partial charge in [0.2, 0.25) is 5.91 Å². The lowest BCUT2D eigenvalue weighted by Crippen LogP contribution is -2.41. The molecule has 2 atom stereocenters. The first-order chi connectivity index (χ1) is 13.4. The highest BCUT2D eigenvalue weighted by Crippen LogP contribution is 2.40. The summed E-state index contributed by atoms with van der Waals surface area (Å²) in [4.78, 5) is 15.1. The van der Waals surface area contributed by atoms with Gasteiger partial charge in [-0.25, -0.2) is 0 Å². The standard InChI is InChI=1S/C21H24Cl2N2O3/c1-13(21(26)24-18-11-14(22)6-8-17(18)23)25-10-4-5-19(25)16-12-15(27-2)7-9-20(16)28-3/h6-9,11-13,19H,4-5,10H2,1-3H3,(H,24,26)/t13-,19-/m1/s1. The Hall–Kier alpha value is -1.95. The number of likely N-dealkylation sites (tertiary alicyclic amines) is 1. The van der Waals surface area contributed by atoms with Crippen LogP contribution in [0, 0.1) is 0 Å². The highest BCUT2D eigenvalue weighted by atomic mass is 35.5. The predicted octanol–water partition coefficient (Wildman–Crippen LogP) is 5.17. The molecule has 1 amide bonds. The summed E-state index contributed by atoms with van der Waals surface area (Å²) in [5.41, 5.74) is 1.54. The van der Waals surface area contributed by atoms with Gasteiger partial charge in [-0.3, -0.25) is 9.69 Å². The molecule has 0 spiro atoms. The zero-order valence-electron chi connectivity index (χ0n) is 16.2. The van der Waals surface area contributed by atoms with Crippen LogP contribution < -0.4 is 14.8 Å². The van der Waals surface area contributed by atoms with Gasteiger partial charge in [-0.2, -0.15) is 0 Å². The molecule has 0 aromatic heterocycles. The van der Waals surface area contributed by atoms with Crippen molar-refractivity contribution in [3.8, 4) is 11.5 Å². The Labute approximate surface area is 175 Å². The first kappa shape index (κ1) is 20.8. The lowest BCUT2D eigenvalue weighted by molar-refractivity contribution is -0.121. The number of amides is 1. The van der Waals surface area contributed by atoms with Gasteiger partial charge in [0.15, 0.2) is 0 Å². The van der Waals surface area contributed by atoms with E-state index in [9.17, 15) is 4.79 Å². The number of halogens is 2. The van der Waals surface area contributed by atoms with Crippen molar-refractivity contribution < 1.29 is 14.3 Å². The first-order valence-electron chi connectivity index (χ1n) is 9.18. The summed E-state index contributed by atoms with van der Waals surface area (Å²) in [6.07, 6.45) is 1.94. The van der Waals surface area contributed by atoms with Crippen LogP contribution >= 0.6 is 23.2 Å². The molecule has 2 aromatic carbocycles. The van der Waals surface area contributed by atoms with Gasteiger partial charge in [0.05, 0.1) is 31.0 Å². The molecule has 28 heavy (non-hydrogen) atoms. The molecule has 0 saturated carbocycles. The molecule has 0 unspecified atom stereocenters. The average molecular weight is 423 g/mol. The molecule has 2 aromatic rings. The third-order valence-corrected chi connectivity index (χ3v) is 5.72. The first-order valence-corrected chi connectivity index (χ1v) is 9.93. The molecule has 3 rings (SSSR count). The van der Waals surface area contributed by atoms with E-state index in [4.69, 9.17) is 32.7 Å². The maximum atomic E-state index is 12.9. The molecule has 1 heterocycles. The van der Waals surface area contributed by atoms with E-state index in [0.29, 0.717) is 15.7 Å². The molecular formula is C21H24Cl2N2O3. The number of nitrogens with zero attached hydrogens (tertiary/aromatic N) is 1. The van der Waals surface area contributed by atoms with E-state index in [1.165, 1.54) is 0 Å². The Morgan fingerprint density at radius 3 is 2.68 bits per heavy atom. The van der Waals surface area contributed by atoms with Gasteiger partial charge in [0.25, 0.3) is 0 Å². The molecule has 0 aliphatic carbocycles. The van der Waals surface area contributed by atoms with Crippen molar-refractivity contribution in [1.29, 1.82) is 0 Å². The van der Waals surface area contributed by atoms with Crippen LogP contribution in [0.4, 0.5) is 5.69 Å². The van der Waals surface area contributed by atoms with Gasteiger partial charge in [-0.05, 0) is 62.7 Å². The van der Waals surface area contributed by atoms with Crippen molar-refractivity contribution in [2.75, 3.05) is 26.1 Å². The number of anilines is 1. The molecule has 5 nitrogen and oxygen atoms in total. The van der Waals surface area contributed by atoms with Gasteiger partial charge >= 0.3 is 0 Å². The minimum Gasteiger partial charge on any atom is -0.497 e. The summed E-state index contributed by atoms with van der Waals surface area (Å²) in [5, 5.41) is 3.87. The number of carbonyl (C=O) groups excluding carboxylic acids is 1. The highest BCUT2D eigenvalue weighted by Gasteiger charge is 2.34. The summed E-state index contributed by atoms with van der Waals surface area (Å²) in [5.74, 6) is 1.44. The number of nitrogens with one attached hydrogen (secondary N) is 1. The minimum absolute atomic E-state index is 0.0700. The number of ether oxygens (including phenoxy) is 2. The highest BCUT2D eigenvalue weighted by molar-refractivity contribution is 6.35. The van der Waals surface area contributed by atoms with Crippen LogP contribution in [-0.2, 0) is 4.79 Å². The quantitative estimate of drug-likeness (QED) is 0.696. The molecule has 0 bridgehead atoms. The fourth-order valence-electron chi connectivity index (χ4n) is 3.67. The van der Waals surface area contributed by atoms with Crippen molar-refractivity contribution in [3.63, 3.8) is 0 Å². The third-order valence-electron chi connectivity index (χ3n) is 5.15. The average Bonchev–Trinajstić information content (AvgIpc) is 3.19. The lowest BCUT2D eigenvalue weighted by atomic mass is 10.0.